The first-order chi connectivity index (χ1) is 65.6. The maximum Gasteiger partial charge on any atom is 0.236 e. The molecule has 8 heterocycles. The number of hydrogen-bond acceptors (Lipinski definition) is 23. The number of aromatic nitrogens is 4. The third-order valence-corrected chi connectivity index (χ3v) is 26.8. The molecule has 12 aromatic rings. The van der Waals surface area contributed by atoms with Gasteiger partial charge in [-0.15, -0.1) is 0 Å². The molecule has 0 bridgehead atoms. The summed E-state index contributed by atoms with van der Waals surface area (Å²) in [6.45, 7) is 7.33. The Hall–Kier alpha value is -13.7. The minimum Gasteiger partial charge on any atom is -0.497 e. The summed E-state index contributed by atoms with van der Waals surface area (Å²) in [6, 6.07) is 73.0. The van der Waals surface area contributed by atoms with Crippen LogP contribution in [0, 0.1) is 0 Å². The number of likely N-dealkylation sites (tertiary alicyclic amines) is 1. The molecule has 0 radical (unpaired) electrons. The normalized spacial score (nSPS) is 16.6. The first kappa shape index (κ1) is 92.1. The van der Waals surface area contributed by atoms with Gasteiger partial charge in [0.2, 0.25) is 25.4 Å². The summed E-state index contributed by atoms with van der Waals surface area (Å²) in [5, 5.41) is 5.96. The number of nitrogens with one attached hydrogen (secondary N) is 2. The molecule has 8 aromatic carbocycles. The second-order valence-electron chi connectivity index (χ2n) is 35.0. The van der Waals surface area contributed by atoms with Crippen molar-refractivity contribution in [1.29, 1.82) is 0 Å². The Bertz CT molecular complexity index is 6090. The van der Waals surface area contributed by atoms with E-state index >= 15 is 0 Å². The standard InChI is InChI=1S/C31H34N2O6.C29H30N2O4.C25H26N2O4.C24H24N2O3.2H2/c1-35-26-5-3-2-4-25(26)30(37-17-14-33-12-15-36-16-13-33)22-6-8-24(32-20-22)19-29(34)31(10-11-31)23-7-9-27-28(18-23)39-21-38-27;1-33-24-7-3-2-6-23(24)28(31-14-4-5-15-31)20-8-10-22(30-18-20)17-27(32)29(12-13-29)21-9-11-25-26(16-21)35-19-34-25;1-29-20-7-5-4-6-18(20)14-17-8-11-23(26-16-17)27-24(28)25(12-13-25)19-9-10-21(30-2)22(15-19)31-3;1-28-20-10-8-19(9-11-20)24(13-14-24)23(27)26-22-12-7-17(16-25-22)15-18-5-3-4-6-21(18)29-2;;/h2-9,18,20,30H,10-17,19,21H2,1H3;2-3,6-11,16,18,28H,4-5,12-15,17,19H2,1H3;4-11,15-16H,12-14H2,1-3H3,(H,26,27,28);3-12,16H,13-15H2,1-2H3,(H,25,26,27);2*1H. The molecule has 2 atom stereocenters. The fourth-order valence-corrected chi connectivity index (χ4v) is 18.4. The van der Waals surface area contributed by atoms with Gasteiger partial charge < -0.3 is 72.2 Å². The highest BCUT2D eigenvalue weighted by Crippen LogP contribution is 2.55. The van der Waals surface area contributed by atoms with Gasteiger partial charge in [0.05, 0.1) is 97.3 Å². The van der Waals surface area contributed by atoms with Crippen LogP contribution in [0.25, 0.3) is 0 Å². The van der Waals surface area contributed by atoms with E-state index in [9.17, 15) is 19.2 Å². The number of ether oxygens (including phenoxy) is 13. The second kappa shape index (κ2) is 42.0. The van der Waals surface area contributed by atoms with Crippen LogP contribution in [0.1, 0.15) is 157 Å². The van der Waals surface area contributed by atoms with Crippen molar-refractivity contribution < 1.29 is 83.6 Å². The van der Waals surface area contributed by atoms with E-state index in [4.69, 9.17) is 71.5 Å². The molecule has 25 heteroatoms. The number of amides is 2. The van der Waals surface area contributed by atoms with E-state index in [1.807, 2.05) is 219 Å². The van der Waals surface area contributed by atoms with E-state index in [1.54, 1.807) is 62.2 Å². The maximum absolute atomic E-state index is 13.4. The third kappa shape index (κ3) is 21.0. The zero-order chi connectivity index (χ0) is 92.6. The number of rotatable bonds is 34. The lowest BCUT2D eigenvalue weighted by molar-refractivity contribution is -0.121. The fourth-order valence-electron chi connectivity index (χ4n) is 18.4. The van der Waals surface area contributed by atoms with Gasteiger partial charge in [-0.2, -0.15) is 0 Å². The Morgan fingerprint density at radius 2 is 0.836 bits per heavy atom. The van der Waals surface area contributed by atoms with E-state index in [-0.39, 0.29) is 58.4 Å². The van der Waals surface area contributed by atoms with Gasteiger partial charge >= 0.3 is 0 Å². The fraction of sp³-hybridized carbons (Fsp3) is 0.339. The first-order valence-electron chi connectivity index (χ1n) is 45.9. The Morgan fingerprint density at radius 3 is 1.31 bits per heavy atom. The number of fused-ring (bicyclic) bond motifs is 2. The molecule has 2 saturated heterocycles. The van der Waals surface area contributed by atoms with E-state index < -0.39 is 21.7 Å². The minimum atomic E-state index is -0.544. The number of carbonyl (C=O) groups excluding carboxylic acids is 4. The van der Waals surface area contributed by atoms with Crippen molar-refractivity contribution in [1.82, 2.24) is 29.7 Å². The van der Waals surface area contributed by atoms with E-state index in [1.165, 1.54) is 12.8 Å². The Balaban J connectivity index is 0.000000138. The van der Waals surface area contributed by atoms with Gasteiger partial charge in [-0.05, 0) is 224 Å². The Labute approximate surface area is 785 Å². The number of Topliss-reactive ketones (excluding diaryl/α,β-unsaturated/α-hetero) is 2. The van der Waals surface area contributed by atoms with Crippen molar-refractivity contribution in [3.63, 3.8) is 0 Å². The van der Waals surface area contributed by atoms with Crippen LogP contribution in [0.2, 0.25) is 0 Å². The van der Waals surface area contributed by atoms with Crippen molar-refractivity contribution in [2.24, 2.45) is 0 Å². The van der Waals surface area contributed by atoms with Crippen LogP contribution in [0.4, 0.5) is 11.6 Å². The number of para-hydroxylation sites is 4. The highest BCUT2D eigenvalue weighted by molar-refractivity contribution is 6.02. The highest BCUT2D eigenvalue weighted by Gasteiger charge is 2.54. The van der Waals surface area contributed by atoms with Gasteiger partial charge in [0, 0.05) is 101 Å². The Kier molecular flexibility index (Phi) is 28.9. The average Bonchev–Trinajstić information content (AvgIpc) is 1.40. The predicted octanol–water partition coefficient (Wildman–Crippen LogP) is 18.2. The van der Waals surface area contributed by atoms with Crippen molar-refractivity contribution in [3.8, 4) is 63.2 Å². The molecular formula is C109H118N8O17. The van der Waals surface area contributed by atoms with Gasteiger partial charge in [0.25, 0.3) is 0 Å². The molecule has 25 nitrogen and oxygen atoms in total. The molecule has 4 aliphatic carbocycles. The molecule has 0 spiro atoms. The van der Waals surface area contributed by atoms with Gasteiger partial charge in [-0.1, -0.05) is 127 Å². The van der Waals surface area contributed by atoms with Crippen molar-refractivity contribution in [2.75, 3.05) is 127 Å². The first-order valence-corrected chi connectivity index (χ1v) is 45.9. The van der Waals surface area contributed by atoms with Crippen LogP contribution in [0.3, 0.4) is 0 Å². The van der Waals surface area contributed by atoms with Gasteiger partial charge in [-0.25, -0.2) is 9.97 Å². The van der Waals surface area contributed by atoms with Crippen LogP contribution in [0.15, 0.2) is 249 Å². The number of methoxy groups -OCH3 is 7. The minimum absolute atomic E-state index is 0. The monoisotopic (exact) mass is 1810 g/mol. The number of morpholine rings is 1. The Morgan fingerprint density at radius 1 is 0.396 bits per heavy atom. The summed E-state index contributed by atoms with van der Waals surface area (Å²) in [5.41, 5.74) is 12.1. The quantitative estimate of drug-likeness (QED) is 0.0379. The summed E-state index contributed by atoms with van der Waals surface area (Å²) >= 11 is 0. The third-order valence-electron chi connectivity index (χ3n) is 26.8. The summed E-state index contributed by atoms with van der Waals surface area (Å²) in [7, 11) is 11.6. The molecule has 4 aromatic heterocycles. The van der Waals surface area contributed by atoms with Crippen molar-refractivity contribution >= 4 is 35.0 Å². The van der Waals surface area contributed by atoms with E-state index in [0.717, 1.165) is 228 Å². The van der Waals surface area contributed by atoms with E-state index in [2.05, 4.69) is 48.6 Å². The van der Waals surface area contributed by atoms with Gasteiger partial charge in [0.1, 0.15) is 58.1 Å². The number of ketones is 2. The number of anilines is 2. The molecule has 4 aliphatic heterocycles. The topological polar surface area (TPSA) is 270 Å². The zero-order valence-electron chi connectivity index (χ0n) is 76.9. The molecule has 134 heavy (non-hydrogen) atoms. The smallest absolute Gasteiger partial charge is 0.236 e. The highest BCUT2D eigenvalue weighted by atomic mass is 16.7. The lowest BCUT2D eigenvalue weighted by atomic mass is 9.88. The largest absolute Gasteiger partial charge is 0.497 e. The lowest BCUT2D eigenvalue weighted by Crippen LogP contribution is -2.38. The van der Waals surface area contributed by atoms with Crippen molar-refractivity contribution in [2.45, 2.75) is 124 Å². The van der Waals surface area contributed by atoms with Crippen molar-refractivity contribution in [3.05, 3.63) is 327 Å². The average molecular weight is 1810 g/mol. The molecule has 696 valence electrons. The van der Waals surface area contributed by atoms with Crippen LogP contribution in [0.5, 0.6) is 63.2 Å². The predicted molar refractivity (Wildman–Crippen MR) is 512 cm³/mol. The van der Waals surface area contributed by atoms with Crippen LogP contribution >= 0.6 is 0 Å². The number of nitrogens with zero attached hydrogens (tertiary/aromatic N) is 6. The number of hydrogen-bond donors (Lipinski definition) is 2. The summed E-state index contributed by atoms with van der Waals surface area (Å²) in [6.07, 6.45) is 18.2. The molecule has 2 amide bonds. The molecule has 6 fully saturated rings. The lowest BCUT2D eigenvalue weighted by Gasteiger charge is -2.29. The molecule has 8 aliphatic rings. The second-order valence-corrected chi connectivity index (χ2v) is 35.0. The molecule has 4 saturated carbocycles. The van der Waals surface area contributed by atoms with Gasteiger partial charge in [0.15, 0.2) is 34.5 Å². The zero-order valence-corrected chi connectivity index (χ0v) is 76.9. The summed E-state index contributed by atoms with van der Waals surface area (Å²) < 4.78 is 71.9. The number of benzene rings is 8. The number of carbonyl (C=O) groups is 4. The molecule has 2 unspecified atom stereocenters. The molecular weight excluding hydrogens is 1690 g/mol. The van der Waals surface area contributed by atoms with Crippen LogP contribution in [-0.4, -0.2) is 169 Å². The number of pyridine rings is 4. The molecule has 2 N–H and O–H groups in total. The summed E-state index contributed by atoms with van der Waals surface area (Å²) in [5.74, 6) is 9.82. The SMILES string of the molecule is COc1ccc(C2(C(=O)Nc3ccc(Cc4ccccc4OC)cn3)CC2)cc1.COc1ccccc1C(OCCN1CCOCC1)c1ccc(CC(=O)C2(c3ccc4c(c3)OCO4)CC2)nc1.COc1ccccc1C(c1ccc(CC(=O)C2(c3ccc4c(c3)OCO4)CC2)nc1)N1CCCC1.COc1ccccc1Cc1ccc(NC(=O)C2(c3ccc(OC)c(OC)c3)CC2)nc1.[HH].[HH]. The van der Waals surface area contributed by atoms with E-state index in [0.29, 0.717) is 48.3 Å². The summed E-state index contributed by atoms with van der Waals surface area (Å²) in [4.78, 5) is 76.0. The maximum atomic E-state index is 13.4. The van der Waals surface area contributed by atoms with Crippen LogP contribution < -0.4 is 62.7 Å². The van der Waals surface area contributed by atoms with Gasteiger partial charge in [-0.3, -0.25) is 38.9 Å². The van der Waals surface area contributed by atoms with Crippen LogP contribution in [-0.2, 0) is 76.0 Å². The molecule has 20 rings (SSSR count).